The minimum absolute atomic E-state index is 0.0852. The molecule has 0 radical (unpaired) electrons. The molecule has 0 aromatic carbocycles. The van der Waals surface area contributed by atoms with Crippen molar-refractivity contribution in [3.8, 4) is 0 Å². The molecular weight excluding hydrogens is 355 g/mol. The van der Waals surface area contributed by atoms with Gasteiger partial charge in [0.1, 0.15) is 10.8 Å². The highest BCUT2D eigenvalue weighted by Crippen LogP contribution is 2.33. The third-order valence-corrected chi connectivity index (χ3v) is 6.64. The molecule has 0 aliphatic carbocycles. The summed E-state index contributed by atoms with van der Waals surface area (Å²) in [5.74, 6) is 0. The molecule has 0 aliphatic rings. The zero-order valence-corrected chi connectivity index (χ0v) is 12.8. The van der Waals surface area contributed by atoms with Crippen molar-refractivity contribution in [3.05, 3.63) is 15.4 Å². The van der Waals surface area contributed by atoms with Crippen molar-refractivity contribution in [2.24, 2.45) is 0 Å². The zero-order chi connectivity index (χ0) is 14.1. The molecule has 0 fully saturated rings. The molecule has 3 nitrogen and oxygen atoms in total. The largest absolute Gasteiger partial charge is 0.402 e. The third kappa shape index (κ3) is 3.69. The van der Waals surface area contributed by atoms with E-state index in [2.05, 4.69) is 15.9 Å². The second kappa shape index (κ2) is 5.48. The molecular formula is C9H11BrF3NO2S2. The predicted molar refractivity (Wildman–Crippen MR) is 67.2 cm³/mol. The lowest BCUT2D eigenvalue weighted by molar-refractivity contribution is -0.135. The van der Waals surface area contributed by atoms with E-state index < -0.39 is 22.7 Å². The van der Waals surface area contributed by atoms with Gasteiger partial charge in [0.2, 0.25) is 0 Å². The molecule has 9 heteroatoms. The Labute approximate surface area is 116 Å². The Bertz CT molecular complexity index is 505. The second-order valence-corrected chi connectivity index (χ2v) is 8.10. The van der Waals surface area contributed by atoms with Gasteiger partial charge in [-0.25, -0.2) is 8.42 Å². The van der Waals surface area contributed by atoms with Crippen LogP contribution in [-0.2, 0) is 10.0 Å². The number of hydrogen-bond acceptors (Lipinski definition) is 3. The van der Waals surface area contributed by atoms with Crippen molar-refractivity contribution in [2.45, 2.75) is 24.2 Å². The molecule has 0 saturated carbocycles. The number of sulfonamides is 1. The van der Waals surface area contributed by atoms with Crippen molar-refractivity contribution in [2.75, 3.05) is 13.1 Å². The monoisotopic (exact) mass is 365 g/mol. The molecule has 1 rings (SSSR count). The minimum Gasteiger partial charge on any atom is -0.206 e. The molecule has 0 atom stereocenters. The van der Waals surface area contributed by atoms with Gasteiger partial charge in [-0.05, 0) is 34.5 Å². The summed E-state index contributed by atoms with van der Waals surface area (Å²) >= 11 is 4.06. The maximum absolute atomic E-state index is 12.3. The smallest absolute Gasteiger partial charge is 0.206 e. The molecule has 0 N–H and O–H groups in total. The first-order chi connectivity index (χ1) is 8.08. The van der Waals surface area contributed by atoms with Crippen LogP contribution in [0.25, 0.3) is 0 Å². The summed E-state index contributed by atoms with van der Waals surface area (Å²) in [6, 6.07) is 1.36. The highest BCUT2D eigenvalue weighted by molar-refractivity contribution is 9.11. The van der Waals surface area contributed by atoms with Crippen LogP contribution >= 0.6 is 27.3 Å². The Morgan fingerprint density at radius 1 is 1.44 bits per heavy atom. The number of alkyl halides is 3. The van der Waals surface area contributed by atoms with Gasteiger partial charge in [0.05, 0.1) is 3.79 Å². The number of rotatable bonds is 4. The first-order valence-electron chi connectivity index (χ1n) is 4.90. The first kappa shape index (κ1) is 15.9. The number of aryl methyl sites for hydroxylation is 1. The van der Waals surface area contributed by atoms with E-state index in [9.17, 15) is 21.6 Å². The van der Waals surface area contributed by atoms with Crippen LogP contribution in [0, 0.1) is 6.92 Å². The molecule has 18 heavy (non-hydrogen) atoms. The van der Waals surface area contributed by atoms with Gasteiger partial charge in [-0.2, -0.15) is 17.5 Å². The van der Waals surface area contributed by atoms with Crippen LogP contribution in [0.15, 0.2) is 14.1 Å². The van der Waals surface area contributed by atoms with Crippen LogP contribution in [-0.4, -0.2) is 32.0 Å². The van der Waals surface area contributed by atoms with E-state index in [1.807, 2.05) is 0 Å². The third-order valence-electron chi connectivity index (χ3n) is 2.14. The van der Waals surface area contributed by atoms with Gasteiger partial charge in [-0.3, -0.25) is 0 Å². The quantitative estimate of drug-likeness (QED) is 0.819. The minimum atomic E-state index is -4.55. The van der Waals surface area contributed by atoms with Gasteiger partial charge in [0, 0.05) is 6.54 Å². The van der Waals surface area contributed by atoms with Crippen molar-refractivity contribution >= 4 is 37.3 Å². The van der Waals surface area contributed by atoms with Crippen molar-refractivity contribution in [3.63, 3.8) is 0 Å². The topological polar surface area (TPSA) is 37.4 Å². The van der Waals surface area contributed by atoms with E-state index in [-0.39, 0.29) is 10.8 Å². The molecule has 0 aliphatic heterocycles. The zero-order valence-electron chi connectivity index (χ0n) is 9.58. The lowest BCUT2D eigenvalue weighted by Crippen LogP contribution is -2.38. The van der Waals surface area contributed by atoms with Crippen LogP contribution in [0.4, 0.5) is 13.2 Å². The van der Waals surface area contributed by atoms with E-state index in [1.54, 1.807) is 6.92 Å². The fraction of sp³-hybridized carbons (Fsp3) is 0.556. The Morgan fingerprint density at radius 3 is 2.33 bits per heavy atom. The summed E-state index contributed by atoms with van der Waals surface area (Å²) in [5.41, 5.74) is 0.682. The van der Waals surface area contributed by atoms with E-state index in [0.717, 1.165) is 11.3 Å². The van der Waals surface area contributed by atoms with Crippen molar-refractivity contribution < 1.29 is 21.6 Å². The number of hydrogen-bond donors (Lipinski definition) is 0. The van der Waals surface area contributed by atoms with Crippen LogP contribution in [0.5, 0.6) is 0 Å². The van der Waals surface area contributed by atoms with E-state index >= 15 is 0 Å². The normalized spacial score (nSPS) is 13.3. The van der Waals surface area contributed by atoms with Gasteiger partial charge in [0.25, 0.3) is 10.0 Å². The number of thiophene rings is 1. The SMILES string of the molecule is CCN(CC(F)(F)F)S(=O)(=O)c1cc(C)c(Br)s1. The lowest BCUT2D eigenvalue weighted by Gasteiger charge is -2.20. The predicted octanol–water partition coefficient (Wildman–Crippen LogP) is 3.39. The van der Waals surface area contributed by atoms with Crippen LogP contribution in [0.1, 0.15) is 12.5 Å². The summed E-state index contributed by atoms with van der Waals surface area (Å²) in [6.07, 6.45) is -4.55. The van der Waals surface area contributed by atoms with Crippen LogP contribution < -0.4 is 0 Å². The Morgan fingerprint density at radius 2 is 2.00 bits per heavy atom. The molecule has 1 heterocycles. The molecule has 104 valence electrons. The maximum Gasteiger partial charge on any atom is 0.402 e. The second-order valence-electron chi connectivity index (χ2n) is 3.57. The molecule has 0 bridgehead atoms. The lowest BCUT2D eigenvalue weighted by atomic mass is 10.4. The Kier molecular flexibility index (Phi) is 4.85. The van der Waals surface area contributed by atoms with Crippen molar-refractivity contribution in [1.82, 2.24) is 4.31 Å². The molecule has 0 saturated heterocycles. The molecule has 1 aromatic rings. The highest BCUT2D eigenvalue weighted by Gasteiger charge is 2.36. The van der Waals surface area contributed by atoms with Gasteiger partial charge < -0.3 is 0 Å². The summed E-state index contributed by atoms with van der Waals surface area (Å²) in [5, 5.41) is 0. The average Bonchev–Trinajstić information content (AvgIpc) is 2.55. The molecule has 1 aromatic heterocycles. The maximum atomic E-state index is 12.3. The van der Waals surface area contributed by atoms with E-state index in [1.165, 1.54) is 13.0 Å². The van der Waals surface area contributed by atoms with Crippen LogP contribution in [0.2, 0.25) is 0 Å². The fourth-order valence-electron chi connectivity index (χ4n) is 1.25. The van der Waals surface area contributed by atoms with Gasteiger partial charge in [-0.15, -0.1) is 11.3 Å². The fourth-order valence-corrected chi connectivity index (χ4v) is 5.07. The number of nitrogens with zero attached hydrogens (tertiary/aromatic N) is 1. The van der Waals surface area contributed by atoms with E-state index in [0.29, 0.717) is 13.7 Å². The highest BCUT2D eigenvalue weighted by atomic mass is 79.9. The average molecular weight is 366 g/mol. The first-order valence-corrected chi connectivity index (χ1v) is 7.95. The molecule has 0 spiro atoms. The van der Waals surface area contributed by atoms with Gasteiger partial charge in [0.15, 0.2) is 0 Å². The molecule has 0 amide bonds. The number of halogens is 4. The molecule has 0 unspecified atom stereocenters. The van der Waals surface area contributed by atoms with E-state index in [4.69, 9.17) is 0 Å². The Hall–Kier alpha value is -0.120. The van der Waals surface area contributed by atoms with Crippen LogP contribution in [0.3, 0.4) is 0 Å². The van der Waals surface area contributed by atoms with Crippen molar-refractivity contribution in [1.29, 1.82) is 0 Å². The summed E-state index contributed by atoms with van der Waals surface area (Å²) in [7, 11) is -4.08. The standard InChI is InChI=1S/C9H11BrF3NO2S2/c1-3-14(5-9(11,12)13)18(15,16)7-4-6(2)8(10)17-7/h4H,3,5H2,1-2H3. The van der Waals surface area contributed by atoms with Gasteiger partial charge in [-0.1, -0.05) is 6.92 Å². The summed E-state index contributed by atoms with van der Waals surface area (Å²) < 4.78 is 61.9. The summed E-state index contributed by atoms with van der Waals surface area (Å²) in [6.45, 7) is 1.36. The summed E-state index contributed by atoms with van der Waals surface area (Å²) in [4.78, 5) is 0. The van der Waals surface area contributed by atoms with Gasteiger partial charge >= 0.3 is 6.18 Å². The Balaban J connectivity index is 3.11.